The molecule has 0 aliphatic heterocycles. The molecule has 2 amide bonds. The Morgan fingerprint density at radius 3 is 2.15 bits per heavy atom. The van der Waals surface area contributed by atoms with E-state index >= 15 is 0 Å². The molecule has 1 aliphatic carbocycles. The van der Waals surface area contributed by atoms with Gasteiger partial charge in [-0.2, -0.15) is 0 Å². The van der Waals surface area contributed by atoms with Gasteiger partial charge < -0.3 is 10.6 Å². The summed E-state index contributed by atoms with van der Waals surface area (Å²) in [5.74, 6) is -0.471. The third-order valence-corrected chi connectivity index (χ3v) is 5.68. The van der Waals surface area contributed by atoms with Crippen LogP contribution in [0.15, 0.2) is 53.7 Å². The summed E-state index contributed by atoms with van der Waals surface area (Å²) in [6.45, 7) is 0. The van der Waals surface area contributed by atoms with Gasteiger partial charge in [0.05, 0.1) is 4.90 Å². The lowest BCUT2D eigenvalue weighted by Gasteiger charge is -2.15. The van der Waals surface area contributed by atoms with E-state index in [2.05, 4.69) is 15.6 Å². The van der Waals surface area contributed by atoms with Crippen molar-refractivity contribution in [2.75, 3.05) is 6.26 Å². The number of rotatable bonds is 5. The third-order valence-electron chi connectivity index (χ3n) is 4.57. The van der Waals surface area contributed by atoms with Gasteiger partial charge in [0.1, 0.15) is 0 Å². The Balaban J connectivity index is 1.57. The van der Waals surface area contributed by atoms with E-state index in [-0.39, 0.29) is 28.8 Å². The minimum absolute atomic E-state index is 0.0154. The summed E-state index contributed by atoms with van der Waals surface area (Å²) >= 11 is 0. The van der Waals surface area contributed by atoms with Crippen molar-refractivity contribution >= 4 is 21.7 Å². The van der Waals surface area contributed by atoms with Crippen LogP contribution >= 0.6 is 0 Å². The first-order valence-corrected chi connectivity index (χ1v) is 10.5. The molecule has 1 fully saturated rings. The van der Waals surface area contributed by atoms with E-state index in [4.69, 9.17) is 0 Å². The maximum atomic E-state index is 12.4. The highest BCUT2D eigenvalue weighted by Gasteiger charge is 2.27. The molecule has 7 nitrogen and oxygen atoms in total. The van der Waals surface area contributed by atoms with E-state index in [1.807, 2.05) is 0 Å². The summed E-state index contributed by atoms with van der Waals surface area (Å²) < 4.78 is 23.3. The normalized spacial score (nSPS) is 19.4. The predicted octanol–water partition coefficient (Wildman–Crippen LogP) is 1.57. The van der Waals surface area contributed by atoms with Gasteiger partial charge in [0, 0.05) is 41.9 Å². The van der Waals surface area contributed by atoms with Crippen molar-refractivity contribution in [1.29, 1.82) is 0 Å². The molecule has 2 N–H and O–H groups in total. The zero-order valence-corrected chi connectivity index (χ0v) is 15.7. The molecule has 0 unspecified atom stereocenters. The van der Waals surface area contributed by atoms with Crippen molar-refractivity contribution in [3.63, 3.8) is 0 Å². The number of amides is 2. The standard InChI is InChI=1S/C19H21N3O4S/c1-27(25,26)17-4-2-3-14(11-17)19(24)22-16-6-5-15(12-16)21-18(23)13-7-9-20-10-8-13/h2-4,7-11,15-16H,5-6,12H2,1H3,(H,21,23)(H,22,24)/t15-,16+/m1/s1. The van der Waals surface area contributed by atoms with Gasteiger partial charge in [0.2, 0.25) is 0 Å². The summed E-state index contributed by atoms with van der Waals surface area (Å²) in [7, 11) is -3.37. The van der Waals surface area contributed by atoms with Crippen molar-refractivity contribution in [1.82, 2.24) is 15.6 Å². The van der Waals surface area contributed by atoms with Crippen molar-refractivity contribution in [2.45, 2.75) is 36.2 Å². The largest absolute Gasteiger partial charge is 0.349 e. The molecule has 1 heterocycles. The van der Waals surface area contributed by atoms with Gasteiger partial charge in [-0.3, -0.25) is 14.6 Å². The highest BCUT2D eigenvalue weighted by molar-refractivity contribution is 7.90. The van der Waals surface area contributed by atoms with Crippen LogP contribution in [0.2, 0.25) is 0 Å². The van der Waals surface area contributed by atoms with Crippen LogP contribution in [0.25, 0.3) is 0 Å². The van der Waals surface area contributed by atoms with Crippen molar-refractivity contribution < 1.29 is 18.0 Å². The van der Waals surface area contributed by atoms with Gasteiger partial charge in [-0.05, 0) is 49.6 Å². The molecule has 8 heteroatoms. The van der Waals surface area contributed by atoms with E-state index in [1.54, 1.807) is 36.7 Å². The predicted molar refractivity (Wildman–Crippen MR) is 100 cm³/mol. The Hall–Kier alpha value is -2.74. The lowest BCUT2D eigenvalue weighted by molar-refractivity contribution is 0.0936. The molecule has 1 aromatic heterocycles. The molecule has 0 bridgehead atoms. The van der Waals surface area contributed by atoms with Gasteiger partial charge in [0.15, 0.2) is 9.84 Å². The summed E-state index contributed by atoms with van der Waals surface area (Å²) in [5, 5.41) is 5.89. The first-order chi connectivity index (χ1) is 12.8. The maximum absolute atomic E-state index is 12.4. The van der Waals surface area contributed by atoms with Gasteiger partial charge in [0.25, 0.3) is 11.8 Å². The van der Waals surface area contributed by atoms with Crippen LogP contribution in [0.5, 0.6) is 0 Å². The van der Waals surface area contributed by atoms with Gasteiger partial charge >= 0.3 is 0 Å². The smallest absolute Gasteiger partial charge is 0.251 e. The van der Waals surface area contributed by atoms with Crippen molar-refractivity contribution in [3.8, 4) is 0 Å². The molecule has 0 saturated heterocycles. The fourth-order valence-electron chi connectivity index (χ4n) is 3.15. The number of hydrogen-bond donors (Lipinski definition) is 2. The minimum Gasteiger partial charge on any atom is -0.349 e. The number of carbonyl (C=O) groups excluding carboxylic acids is 2. The monoisotopic (exact) mass is 387 g/mol. The Morgan fingerprint density at radius 1 is 0.963 bits per heavy atom. The molecule has 2 aromatic rings. The second kappa shape index (κ2) is 7.87. The fourth-order valence-corrected chi connectivity index (χ4v) is 3.82. The second-order valence-electron chi connectivity index (χ2n) is 6.69. The van der Waals surface area contributed by atoms with Gasteiger partial charge in [-0.25, -0.2) is 8.42 Å². The number of hydrogen-bond acceptors (Lipinski definition) is 5. The van der Waals surface area contributed by atoms with E-state index in [1.165, 1.54) is 12.1 Å². The van der Waals surface area contributed by atoms with Crippen LogP contribution in [0.4, 0.5) is 0 Å². The average Bonchev–Trinajstić information content (AvgIpc) is 3.08. The molecule has 142 valence electrons. The summed E-state index contributed by atoms with van der Waals surface area (Å²) in [6.07, 6.45) is 6.39. The lowest BCUT2D eigenvalue weighted by atomic mass is 10.1. The molecule has 1 saturated carbocycles. The first-order valence-electron chi connectivity index (χ1n) is 8.65. The summed E-state index contributed by atoms with van der Waals surface area (Å²) in [4.78, 5) is 28.6. The molecule has 2 atom stereocenters. The molecule has 0 spiro atoms. The van der Waals surface area contributed by atoms with Crippen LogP contribution in [-0.2, 0) is 9.84 Å². The number of nitrogens with one attached hydrogen (secondary N) is 2. The highest BCUT2D eigenvalue weighted by Crippen LogP contribution is 2.20. The van der Waals surface area contributed by atoms with Gasteiger partial charge in [-0.15, -0.1) is 0 Å². The van der Waals surface area contributed by atoms with Crippen LogP contribution in [0.3, 0.4) is 0 Å². The Bertz CT molecular complexity index is 944. The second-order valence-corrected chi connectivity index (χ2v) is 8.71. The molecular formula is C19H21N3O4S. The van der Waals surface area contributed by atoms with E-state index in [9.17, 15) is 18.0 Å². The van der Waals surface area contributed by atoms with E-state index in [0.29, 0.717) is 17.5 Å². The van der Waals surface area contributed by atoms with Crippen LogP contribution < -0.4 is 10.6 Å². The molecule has 1 aromatic carbocycles. The highest BCUT2D eigenvalue weighted by atomic mass is 32.2. The van der Waals surface area contributed by atoms with Crippen LogP contribution in [-0.4, -0.2) is 43.6 Å². The number of aromatic nitrogens is 1. The zero-order chi connectivity index (χ0) is 19.4. The number of benzene rings is 1. The van der Waals surface area contributed by atoms with Crippen LogP contribution in [0, 0.1) is 0 Å². The number of sulfone groups is 1. The quantitative estimate of drug-likeness (QED) is 0.810. The number of pyridine rings is 1. The summed E-state index contributed by atoms with van der Waals surface area (Å²) in [5.41, 5.74) is 0.859. The number of nitrogens with zero attached hydrogens (tertiary/aromatic N) is 1. The first kappa shape index (κ1) is 19.0. The fraction of sp³-hybridized carbons (Fsp3) is 0.316. The third kappa shape index (κ3) is 4.91. The van der Waals surface area contributed by atoms with Crippen molar-refractivity contribution in [3.05, 3.63) is 59.9 Å². The van der Waals surface area contributed by atoms with Crippen LogP contribution in [0.1, 0.15) is 40.0 Å². The van der Waals surface area contributed by atoms with Gasteiger partial charge in [-0.1, -0.05) is 6.07 Å². The van der Waals surface area contributed by atoms with E-state index in [0.717, 1.165) is 19.1 Å². The van der Waals surface area contributed by atoms with E-state index < -0.39 is 9.84 Å². The Morgan fingerprint density at radius 2 is 1.56 bits per heavy atom. The molecular weight excluding hydrogens is 366 g/mol. The maximum Gasteiger partial charge on any atom is 0.251 e. The molecule has 27 heavy (non-hydrogen) atoms. The topological polar surface area (TPSA) is 105 Å². The summed E-state index contributed by atoms with van der Waals surface area (Å²) in [6, 6.07) is 9.20. The molecule has 3 rings (SSSR count). The SMILES string of the molecule is CS(=O)(=O)c1cccc(C(=O)N[C@H]2CC[C@@H](NC(=O)c3ccncc3)C2)c1. The number of carbonyl (C=O) groups is 2. The molecule has 0 radical (unpaired) electrons. The molecule has 1 aliphatic rings. The lowest BCUT2D eigenvalue weighted by Crippen LogP contribution is -2.37. The van der Waals surface area contributed by atoms with Crippen molar-refractivity contribution in [2.24, 2.45) is 0 Å². The Kier molecular flexibility index (Phi) is 5.55. The average molecular weight is 387 g/mol. The Labute approximate surface area is 158 Å². The minimum atomic E-state index is -3.37. The zero-order valence-electron chi connectivity index (χ0n) is 14.9.